The first-order valence-corrected chi connectivity index (χ1v) is 9.24. The summed E-state index contributed by atoms with van der Waals surface area (Å²) in [6.45, 7) is 11.6. The van der Waals surface area contributed by atoms with Crippen LogP contribution in [0, 0.1) is 18.3 Å². The molecule has 0 aromatic heterocycles. The minimum absolute atomic E-state index is 0.0462. The molecule has 132 valence electrons. The quantitative estimate of drug-likeness (QED) is 0.758. The second-order valence-corrected chi connectivity index (χ2v) is 8.42. The number of nitriles is 1. The van der Waals surface area contributed by atoms with Gasteiger partial charge in [-0.2, -0.15) is 5.26 Å². The van der Waals surface area contributed by atoms with Crippen LogP contribution in [0.1, 0.15) is 51.3 Å². The Morgan fingerprint density at radius 1 is 1.28 bits per heavy atom. The van der Waals surface area contributed by atoms with Crippen molar-refractivity contribution in [2.75, 3.05) is 5.75 Å². The number of thioether (sulfide) groups is 1. The summed E-state index contributed by atoms with van der Waals surface area (Å²) in [5.74, 6) is 0.488. The Morgan fingerprint density at radius 2 is 1.88 bits per heavy atom. The zero-order valence-corrected chi connectivity index (χ0v) is 16.5. The summed E-state index contributed by atoms with van der Waals surface area (Å²) in [5.41, 5.74) is 2.60. The van der Waals surface area contributed by atoms with Crippen LogP contribution in [0.25, 0.3) is 6.08 Å². The minimum atomic E-state index is -0.512. The second-order valence-electron chi connectivity index (χ2n) is 7.27. The zero-order chi connectivity index (χ0) is 18.8. The van der Waals surface area contributed by atoms with Crippen molar-refractivity contribution in [3.05, 3.63) is 40.4 Å². The molecule has 0 bridgehead atoms. The molecule has 1 heterocycles. The maximum absolute atomic E-state index is 11.4. The lowest BCUT2D eigenvalue weighted by molar-refractivity contribution is -0.109. The average Bonchev–Trinajstić information content (AvgIpc) is 2.73. The maximum atomic E-state index is 11.4. The van der Waals surface area contributed by atoms with Gasteiger partial charge < -0.3 is 9.31 Å². The normalized spacial score (nSPS) is 18.9. The van der Waals surface area contributed by atoms with Crippen molar-refractivity contribution in [2.24, 2.45) is 0 Å². The Labute approximate surface area is 154 Å². The van der Waals surface area contributed by atoms with Crippen LogP contribution in [0.15, 0.2) is 23.7 Å². The van der Waals surface area contributed by atoms with Crippen LogP contribution >= 0.6 is 11.8 Å². The molecule has 0 spiro atoms. The Balaban J connectivity index is 2.40. The van der Waals surface area contributed by atoms with Crippen LogP contribution in [-0.4, -0.2) is 29.2 Å². The number of hydrogen-bond donors (Lipinski definition) is 0. The Kier molecular flexibility index (Phi) is 5.83. The summed E-state index contributed by atoms with van der Waals surface area (Å²) in [4.78, 5) is 11.4. The van der Waals surface area contributed by atoms with E-state index in [1.807, 2.05) is 52.8 Å². The average molecular weight is 357 g/mol. The maximum Gasteiger partial charge on any atom is 0.491 e. The molecule has 1 aliphatic heterocycles. The molecular weight excluding hydrogens is 333 g/mol. The van der Waals surface area contributed by atoms with Crippen molar-refractivity contribution in [2.45, 2.75) is 52.7 Å². The van der Waals surface area contributed by atoms with E-state index < -0.39 is 18.3 Å². The predicted molar refractivity (Wildman–Crippen MR) is 103 cm³/mol. The number of carbonyl (C=O) groups excluding carboxylic acids is 1. The molecular formula is C19H24BNO3S. The van der Waals surface area contributed by atoms with Crippen molar-refractivity contribution >= 4 is 30.1 Å². The fourth-order valence-electron chi connectivity index (χ4n) is 2.42. The van der Waals surface area contributed by atoms with Gasteiger partial charge in [-0.1, -0.05) is 23.9 Å². The van der Waals surface area contributed by atoms with Gasteiger partial charge >= 0.3 is 7.12 Å². The Morgan fingerprint density at radius 3 is 2.40 bits per heavy atom. The smallest absolute Gasteiger partial charge is 0.400 e. The molecule has 0 amide bonds. The lowest BCUT2D eigenvalue weighted by Gasteiger charge is -2.32. The topological polar surface area (TPSA) is 59.3 Å². The molecule has 1 aliphatic rings. The van der Waals surface area contributed by atoms with E-state index in [0.29, 0.717) is 11.3 Å². The number of aryl methyl sites for hydroxylation is 1. The highest BCUT2D eigenvalue weighted by molar-refractivity contribution is 8.13. The number of benzene rings is 1. The molecule has 1 aromatic carbocycles. The third kappa shape index (κ3) is 4.55. The lowest BCUT2D eigenvalue weighted by Crippen LogP contribution is -2.41. The van der Waals surface area contributed by atoms with Crippen molar-refractivity contribution in [3.8, 4) is 6.07 Å². The Hall–Kier alpha value is -1.55. The Bertz CT molecular complexity index is 734. The molecule has 1 saturated heterocycles. The number of hydrogen-bond acceptors (Lipinski definition) is 5. The molecule has 1 fully saturated rings. The van der Waals surface area contributed by atoms with Crippen molar-refractivity contribution in [3.63, 3.8) is 0 Å². The summed E-state index contributed by atoms with van der Waals surface area (Å²) in [6.07, 6.45) is 1.98. The lowest BCUT2D eigenvalue weighted by atomic mass is 9.78. The van der Waals surface area contributed by atoms with E-state index in [9.17, 15) is 4.79 Å². The summed E-state index contributed by atoms with van der Waals surface area (Å²) in [7, 11) is -0.512. The van der Waals surface area contributed by atoms with Gasteiger partial charge in [0.2, 0.25) is 0 Å². The highest BCUT2D eigenvalue weighted by atomic mass is 32.2. The van der Waals surface area contributed by atoms with Gasteiger partial charge in [-0.05, 0) is 63.4 Å². The van der Waals surface area contributed by atoms with E-state index in [1.54, 1.807) is 13.0 Å². The van der Waals surface area contributed by atoms with Crippen molar-refractivity contribution < 1.29 is 14.1 Å². The van der Waals surface area contributed by atoms with E-state index in [1.165, 1.54) is 11.8 Å². The fourth-order valence-corrected chi connectivity index (χ4v) is 3.01. The van der Waals surface area contributed by atoms with Crippen LogP contribution in [0.2, 0.25) is 0 Å². The fraction of sp³-hybridized carbons (Fsp3) is 0.474. The molecule has 0 saturated carbocycles. The van der Waals surface area contributed by atoms with E-state index >= 15 is 0 Å². The van der Waals surface area contributed by atoms with Gasteiger partial charge in [0, 0.05) is 12.7 Å². The zero-order valence-electron chi connectivity index (χ0n) is 15.7. The summed E-state index contributed by atoms with van der Waals surface area (Å²) in [5, 5.41) is 9.19. The third-order valence-electron chi connectivity index (χ3n) is 4.75. The molecule has 0 aliphatic carbocycles. The summed E-state index contributed by atoms with van der Waals surface area (Å²) < 4.78 is 12.3. The van der Waals surface area contributed by atoms with Crippen molar-refractivity contribution in [1.29, 1.82) is 5.26 Å². The first-order chi connectivity index (χ1) is 11.6. The molecule has 2 rings (SSSR count). The SMILES string of the molecule is CC(=O)SCC(=Cc1cc(C#N)ccc1C)B1OC(C)(C)C(C)(C)O1. The van der Waals surface area contributed by atoms with Gasteiger partial charge in [-0.25, -0.2) is 0 Å². The van der Waals surface area contributed by atoms with E-state index in [0.717, 1.165) is 16.6 Å². The number of nitrogens with zero attached hydrogens (tertiary/aromatic N) is 1. The van der Waals surface area contributed by atoms with Gasteiger partial charge in [0.1, 0.15) is 0 Å². The second kappa shape index (κ2) is 7.37. The summed E-state index contributed by atoms with van der Waals surface area (Å²) >= 11 is 1.23. The standard InChI is InChI=1S/C19H24BNO3S/c1-13-7-8-15(11-21)9-16(13)10-17(12-25-14(2)22)20-23-18(3,4)19(5,6)24-20/h7-10H,12H2,1-6H3. The molecule has 0 atom stereocenters. The van der Waals surface area contributed by atoms with E-state index in [2.05, 4.69) is 6.07 Å². The summed E-state index contributed by atoms with van der Waals surface area (Å²) in [6, 6.07) is 7.73. The van der Waals surface area contributed by atoms with Crippen LogP contribution in [-0.2, 0) is 14.1 Å². The molecule has 6 heteroatoms. The number of carbonyl (C=O) groups is 1. The largest absolute Gasteiger partial charge is 0.491 e. The van der Waals surface area contributed by atoms with Gasteiger partial charge in [0.25, 0.3) is 0 Å². The minimum Gasteiger partial charge on any atom is -0.400 e. The molecule has 1 aromatic rings. The van der Waals surface area contributed by atoms with Gasteiger partial charge in [-0.3, -0.25) is 4.79 Å². The molecule has 25 heavy (non-hydrogen) atoms. The predicted octanol–water partition coefficient (Wildman–Crippen LogP) is 4.16. The molecule has 0 unspecified atom stereocenters. The molecule has 0 N–H and O–H groups in total. The highest BCUT2D eigenvalue weighted by Gasteiger charge is 2.52. The van der Waals surface area contributed by atoms with E-state index in [4.69, 9.17) is 14.6 Å². The number of rotatable bonds is 4. The third-order valence-corrected chi connectivity index (χ3v) is 5.63. The molecule has 4 nitrogen and oxygen atoms in total. The van der Waals surface area contributed by atoms with Crippen LogP contribution in [0.4, 0.5) is 0 Å². The van der Waals surface area contributed by atoms with E-state index in [-0.39, 0.29) is 5.12 Å². The van der Waals surface area contributed by atoms with Gasteiger partial charge in [0.15, 0.2) is 5.12 Å². The van der Waals surface area contributed by atoms with Crippen molar-refractivity contribution in [1.82, 2.24) is 0 Å². The first kappa shape index (κ1) is 19.8. The van der Waals surface area contributed by atoms with Gasteiger partial charge in [-0.15, -0.1) is 0 Å². The molecule has 0 radical (unpaired) electrons. The van der Waals surface area contributed by atoms with Crippen LogP contribution in [0.3, 0.4) is 0 Å². The monoisotopic (exact) mass is 357 g/mol. The van der Waals surface area contributed by atoms with Crippen LogP contribution in [0.5, 0.6) is 0 Å². The first-order valence-electron chi connectivity index (χ1n) is 8.26. The van der Waals surface area contributed by atoms with Crippen LogP contribution < -0.4 is 0 Å². The van der Waals surface area contributed by atoms with Gasteiger partial charge in [0.05, 0.1) is 22.8 Å². The highest BCUT2D eigenvalue weighted by Crippen LogP contribution is 2.39.